The Hall–Kier alpha value is -1.81. The number of benzene rings is 1. The molecule has 18 heavy (non-hydrogen) atoms. The fourth-order valence-electron chi connectivity index (χ4n) is 2.11. The average Bonchev–Trinajstić information content (AvgIpc) is 2.73. The van der Waals surface area contributed by atoms with Gasteiger partial charge in [0.25, 0.3) is 0 Å². The van der Waals surface area contributed by atoms with Crippen LogP contribution in [0.15, 0.2) is 30.5 Å². The normalized spacial score (nSPS) is 12.4. The van der Waals surface area contributed by atoms with E-state index in [0.29, 0.717) is 17.9 Å². The summed E-state index contributed by atoms with van der Waals surface area (Å²) in [5.74, 6) is 0.624. The van der Waals surface area contributed by atoms with Crippen LogP contribution in [-0.4, -0.2) is 22.0 Å². The van der Waals surface area contributed by atoms with E-state index in [9.17, 15) is 5.11 Å². The zero-order valence-electron chi connectivity index (χ0n) is 10.9. The zero-order chi connectivity index (χ0) is 13.1. The summed E-state index contributed by atoms with van der Waals surface area (Å²) in [4.78, 5) is 0. The van der Waals surface area contributed by atoms with Crippen LogP contribution in [0.2, 0.25) is 0 Å². The van der Waals surface area contributed by atoms with Crippen LogP contribution in [-0.2, 0) is 13.5 Å². The van der Waals surface area contributed by atoms with Crippen LogP contribution in [0.3, 0.4) is 0 Å². The summed E-state index contributed by atoms with van der Waals surface area (Å²) in [6.07, 6.45) is 1.56. The summed E-state index contributed by atoms with van der Waals surface area (Å²) in [5, 5.41) is 14.4. The van der Waals surface area contributed by atoms with Gasteiger partial charge < -0.3 is 9.84 Å². The maximum atomic E-state index is 10.3. The van der Waals surface area contributed by atoms with Crippen molar-refractivity contribution in [2.75, 3.05) is 7.11 Å². The molecule has 1 aromatic carbocycles. The molecule has 0 aliphatic heterocycles. The number of aliphatic hydroxyl groups is 1. The molecule has 0 fully saturated rings. The maximum Gasteiger partial charge on any atom is 0.162 e. The summed E-state index contributed by atoms with van der Waals surface area (Å²) in [5.41, 5.74) is 3.02. The number of aryl methyl sites for hydroxylation is 2. The van der Waals surface area contributed by atoms with Gasteiger partial charge in [0.05, 0.1) is 13.3 Å². The molecule has 1 N–H and O–H groups in total. The Morgan fingerprint density at radius 3 is 2.78 bits per heavy atom. The fraction of sp³-hybridized carbons (Fsp3) is 0.357. The summed E-state index contributed by atoms with van der Waals surface area (Å²) in [7, 11) is 3.39. The summed E-state index contributed by atoms with van der Waals surface area (Å²) >= 11 is 0. The van der Waals surface area contributed by atoms with Crippen molar-refractivity contribution in [3.63, 3.8) is 0 Å². The lowest BCUT2D eigenvalue weighted by molar-refractivity contribution is 0.164. The average molecular weight is 246 g/mol. The molecule has 4 heteroatoms. The summed E-state index contributed by atoms with van der Waals surface area (Å²) < 4.78 is 6.87. The Kier molecular flexibility index (Phi) is 3.67. The highest BCUT2D eigenvalue weighted by Crippen LogP contribution is 2.27. The monoisotopic (exact) mass is 246 g/mol. The Balaban J connectivity index is 2.24. The fourth-order valence-corrected chi connectivity index (χ4v) is 2.11. The first-order valence-electron chi connectivity index (χ1n) is 5.92. The van der Waals surface area contributed by atoms with Gasteiger partial charge in [0.15, 0.2) is 5.75 Å². The molecule has 0 bridgehead atoms. The Labute approximate surface area is 107 Å². The Bertz CT molecular complexity index is 534. The highest BCUT2D eigenvalue weighted by Gasteiger charge is 2.19. The van der Waals surface area contributed by atoms with E-state index in [0.717, 1.165) is 5.56 Å². The first-order chi connectivity index (χ1) is 8.63. The number of hydrogen-bond acceptors (Lipinski definition) is 3. The molecule has 96 valence electrons. The minimum Gasteiger partial charge on any atom is -0.493 e. The zero-order valence-corrected chi connectivity index (χ0v) is 10.9. The number of nitrogens with zero attached hydrogens (tertiary/aromatic N) is 2. The predicted octanol–water partition coefficient (Wildman–Crippen LogP) is 2.01. The van der Waals surface area contributed by atoms with Crippen molar-refractivity contribution in [2.45, 2.75) is 19.4 Å². The van der Waals surface area contributed by atoms with Gasteiger partial charge in [-0.15, -0.1) is 0 Å². The highest BCUT2D eigenvalue weighted by atomic mass is 16.5. The van der Waals surface area contributed by atoms with Crippen molar-refractivity contribution in [1.82, 2.24) is 9.78 Å². The van der Waals surface area contributed by atoms with Gasteiger partial charge in [0.2, 0.25) is 0 Å². The summed E-state index contributed by atoms with van der Waals surface area (Å²) in [6, 6.07) is 8.05. The first kappa shape index (κ1) is 12.6. The van der Waals surface area contributed by atoms with Crippen LogP contribution in [0.1, 0.15) is 22.9 Å². The van der Waals surface area contributed by atoms with E-state index < -0.39 is 6.10 Å². The van der Waals surface area contributed by atoms with Crippen LogP contribution >= 0.6 is 0 Å². The van der Waals surface area contributed by atoms with E-state index in [1.54, 1.807) is 25.0 Å². The van der Waals surface area contributed by atoms with Crippen LogP contribution in [0.25, 0.3) is 0 Å². The minimum absolute atomic E-state index is 0.558. The van der Waals surface area contributed by atoms with Gasteiger partial charge in [-0.25, -0.2) is 0 Å². The first-order valence-corrected chi connectivity index (χ1v) is 5.92. The lowest BCUT2D eigenvalue weighted by atomic mass is 10.0. The second-order valence-electron chi connectivity index (χ2n) is 4.37. The SMILES string of the molecule is COc1cnn(C)c1C(O)Cc1ccccc1C. The molecule has 2 rings (SSSR count). The number of aromatic nitrogens is 2. The van der Waals surface area contributed by atoms with Gasteiger partial charge in [0, 0.05) is 13.5 Å². The van der Waals surface area contributed by atoms with Crippen molar-refractivity contribution in [3.05, 3.63) is 47.3 Å². The lowest BCUT2D eigenvalue weighted by Crippen LogP contribution is -2.10. The number of methoxy groups -OCH3 is 1. The second kappa shape index (κ2) is 5.23. The van der Waals surface area contributed by atoms with Gasteiger partial charge in [-0.1, -0.05) is 24.3 Å². The van der Waals surface area contributed by atoms with Gasteiger partial charge in [0.1, 0.15) is 11.8 Å². The highest BCUT2D eigenvalue weighted by molar-refractivity contribution is 5.31. The van der Waals surface area contributed by atoms with Gasteiger partial charge in [-0.05, 0) is 18.1 Å². The maximum absolute atomic E-state index is 10.3. The molecule has 0 saturated carbocycles. The van der Waals surface area contributed by atoms with Crippen molar-refractivity contribution < 1.29 is 9.84 Å². The van der Waals surface area contributed by atoms with Crippen LogP contribution in [0, 0.1) is 6.92 Å². The number of aliphatic hydroxyl groups excluding tert-OH is 1. The molecule has 1 heterocycles. The van der Waals surface area contributed by atoms with Crippen LogP contribution in [0.4, 0.5) is 0 Å². The molecule has 0 radical (unpaired) electrons. The van der Waals surface area contributed by atoms with E-state index in [1.807, 2.05) is 31.2 Å². The Morgan fingerprint density at radius 2 is 2.11 bits per heavy atom. The largest absolute Gasteiger partial charge is 0.493 e. The summed E-state index contributed by atoms with van der Waals surface area (Å²) in [6.45, 7) is 2.04. The van der Waals surface area contributed by atoms with Crippen molar-refractivity contribution in [3.8, 4) is 5.75 Å². The molecule has 0 saturated heterocycles. The van der Waals surface area contributed by atoms with Gasteiger partial charge in [-0.3, -0.25) is 4.68 Å². The topological polar surface area (TPSA) is 47.3 Å². The molecule has 4 nitrogen and oxygen atoms in total. The van der Waals surface area contributed by atoms with Gasteiger partial charge >= 0.3 is 0 Å². The van der Waals surface area contributed by atoms with Crippen LogP contribution in [0.5, 0.6) is 5.75 Å². The minimum atomic E-state index is -0.617. The predicted molar refractivity (Wildman–Crippen MR) is 69.6 cm³/mol. The molecule has 1 aromatic heterocycles. The van der Waals surface area contributed by atoms with E-state index in [2.05, 4.69) is 5.10 Å². The lowest BCUT2D eigenvalue weighted by Gasteiger charge is -2.14. The van der Waals surface area contributed by atoms with E-state index in [-0.39, 0.29) is 0 Å². The quantitative estimate of drug-likeness (QED) is 0.897. The Morgan fingerprint density at radius 1 is 1.39 bits per heavy atom. The smallest absolute Gasteiger partial charge is 0.162 e. The van der Waals surface area contributed by atoms with Crippen molar-refractivity contribution in [1.29, 1.82) is 0 Å². The third-order valence-corrected chi connectivity index (χ3v) is 3.16. The number of ether oxygens (including phenoxy) is 1. The molecule has 1 atom stereocenters. The van der Waals surface area contributed by atoms with Crippen molar-refractivity contribution >= 4 is 0 Å². The molecule has 0 aliphatic rings. The second-order valence-corrected chi connectivity index (χ2v) is 4.37. The van der Waals surface area contributed by atoms with E-state index in [1.165, 1.54) is 5.56 Å². The molecule has 0 spiro atoms. The standard InChI is InChI=1S/C14H18N2O2/c1-10-6-4-5-7-11(10)8-12(17)14-13(18-3)9-15-16(14)2/h4-7,9,12,17H,8H2,1-3H3. The third-order valence-electron chi connectivity index (χ3n) is 3.16. The molecule has 0 amide bonds. The number of hydrogen-bond donors (Lipinski definition) is 1. The molecular weight excluding hydrogens is 228 g/mol. The molecular formula is C14H18N2O2. The molecule has 0 aliphatic carbocycles. The van der Waals surface area contributed by atoms with Crippen LogP contribution < -0.4 is 4.74 Å². The van der Waals surface area contributed by atoms with Crippen molar-refractivity contribution in [2.24, 2.45) is 7.05 Å². The van der Waals surface area contributed by atoms with Gasteiger partial charge in [-0.2, -0.15) is 5.10 Å². The molecule has 1 unspecified atom stereocenters. The van der Waals surface area contributed by atoms with E-state index >= 15 is 0 Å². The third kappa shape index (κ3) is 2.38. The van der Waals surface area contributed by atoms with E-state index in [4.69, 9.17) is 4.74 Å². The molecule has 2 aromatic rings. The number of rotatable bonds is 4.